The van der Waals surface area contributed by atoms with Gasteiger partial charge in [-0.2, -0.15) is 0 Å². The topological polar surface area (TPSA) is 33.2 Å². The third-order valence-electron chi connectivity index (χ3n) is 3.21. The fourth-order valence-electron chi connectivity index (χ4n) is 1.79. The average molecular weight is 283 g/mol. The molecule has 1 saturated carbocycles. The highest BCUT2D eigenvalue weighted by Crippen LogP contribution is 2.35. The lowest BCUT2D eigenvalue weighted by Crippen LogP contribution is -2.36. The number of hydrogen-bond donors (Lipinski definition) is 0. The monoisotopic (exact) mass is 282 g/mol. The predicted octanol–water partition coefficient (Wildman–Crippen LogP) is 2.71. The molecule has 0 radical (unpaired) electrons. The molecule has 0 N–H and O–H groups in total. The van der Waals surface area contributed by atoms with Crippen molar-refractivity contribution in [2.75, 3.05) is 7.05 Å². The molecule has 1 fully saturated rings. The van der Waals surface area contributed by atoms with Gasteiger partial charge >= 0.3 is 0 Å². The second-order valence-electron chi connectivity index (χ2n) is 4.36. The highest BCUT2D eigenvalue weighted by molar-refractivity contribution is 9.10. The summed E-state index contributed by atoms with van der Waals surface area (Å²) in [4.78, 5) is 18.0. The maximum absolute atomic E-state index is 12.1. The Kier molecular flexibility index (Phi) is 3.28. The summed E-state index contributed by atoms with van der Waals surface area (Å²) in [6, 6.07) is 3.93. The van der Waals surface area contributed by atoms with E-state index in [0.29, 0.717) is 17.5 Å². The molecule has 1 heterocycles. The smallest absolute Gasteiger partial charge is 0.255 e. The van der Waals surface area contributed by atoms with E-state index in [-0.39, 0.29) is 5.91 Å². The minimum absolute atomic E-state index is 0.0550. The number of nitrogens with zero attached hydrogens (tertiary/aromatic N) is 2. The molecule has 1 atom stereocenters. The van der Waals surface area contributed by atoms with Crippen molar-refractivity contribution >= 4 is 21.8 Å². The summed E-state index contributed by atoms with van der Waals surface area (Å²) >= 11 is 3.26. The van der Waals surface area contributed by atoms with Crippen LogP contribution in [0.1, 0.15) is 30.1 Å². The summed E-state index contributed by atoms with van der Waals surface area (Å²) in [7, 11) is 1.87. The number of carbonyl (C=O) groups excluding carboxylic acids is 1. The highest BCUT2D eigenvalue weighted by atomic mass is 79.9. The van der Waals surface area contributed by atoms with Gasteiger partial charge in [0.1, 0.15) is 4.60 Å². The quantitative estimate of drug-likeness (QED) is 0.799. The lowest BCUT2D eigenvalue weighted by molar-refractivity contribution is 0.0727. The Balaban J connectivity index is 2.08. The van der Waals surface area contributed by atoms with E-state index in [9.17, 15) is 4.79 Å². The van der Waals surface area contributed by atoms with Crippen LogP contribution >= 0.6 is 15.9 Å². The van der Waals surface area contributed by atoms with Crippen molar-refractivity contribution in [1.82, 2.24) is 9.88 Å². The van der Waals surface area contributed by atoms with Crippen LogP contribution in [0.2, 0.25) is 0 Å². The largest absolute Gasteiger partial charge is 0.339 e. The van der Waals surface area contributed by atoms with E-state index in [1.807, 2.05) is 11.9 Å². The lowest BCUT2D eigenvalue weighted by Gasteiger charge is -2.24. The first kappa shape index (κ1) is 11.6. The minimum atomic E-state index is 0.0550. The van der Waals surface area contributed by atoms with Crippen molar-refractivity contribution in [3.05, 3.63) is 28.5 Å². The van der Waals surface area contributed by atoms with Gasteiger partial charge in [0, 0.05) is 19.3 Å². The molecule has 86 valence electrons. The molecular formula is C12H15BrN2O. The van der Waals surface area contributed by atoms with E-state index in [1.165, 1.54) is 12.8 Å². The van der Waals surface area contributed by atoms with Gasteiger partial charge in [0.15, 0.2) is 0 Å². The van der Waals surface area contributed by atoms with E-state index < -0.39 is 0 Å². The Labute approximate surface area is 104 Å². The highest BCUT2D eigenvalue weighted by Gasteiger charge is 2.32. The molecule has 16 heavy (non-hydrogen) atoms. The molecule has 0 saturated heterocycles. The van der Waals surface area contributed by atoms with Gasteiger partial charge in [0.05, 0.1) is 5.56 Å². The van der Waals surface area contributed by atoms with Crippen molar-refractivity contribution in [2.24, 2.45) is 5.92 Å². The van der Waals surface area contributed by atoms with E-state index >= 15 is 0 Å². The molecular weight excluding hydrogens is 268 g/mol. The number of halogens is 1. The van der Waals surface area contributed by atoms with Gasteiger partial charge in [-0.05, 0) is 53.7 Å². The van der Waals surface area contributed by atoms with Crippen molar-refractivity contribution in [2.45, 2.75) is 25.8 Å². The van der Waals surface area contributed by atoms with Crippen molar-refractivity contribution in [3.8, 4) is 0 Å². The lowest BCUT2D eigenvalue weighted by atomic mass is 10.1. The average Bonchev–Trinajstić information content (AvgIpc) is 3.11. The summed E-state index contributed by atoms with van der Waals surface area (Å²) in [5.41, 5.74) is 0.651. The Morgan fingerprint density at radius 3 is 2.75 bits per heavy atom. The third kappa shape index (κ3) is 2.43. The maximum atomic E-state index is 12.1. The number of amides is 1. The van der Waals surface area contributed by atoms with E-state index in [0.717, 1.165) is 4.60 Å². The van der Waals surface area contributed by atoms with Crippen molar-refractivity contribution < 1.29 is 4.79 Å². The molecule has 0 bridgehead atoms. The van der Waals surface area contributed by atoms with E-state index in [1.54, 1.807) is 18.3 Å². The normalized spacial score (nSPS) is 16.9. The van der Waals surface area contributed by atoms with Gasteiger partial charge in [-0.15, -0.1) is 0 Å². The maximum Gasteiger partial charge on any atom is 0.255 e. The van der Waals surface area contributed by atoms with Gasteiger partial charge in [0.25, 0.3) is 5.91 Å². The van der Waals surface area contributed by atoms with Crippen LogP contribution in [0, 0.1) is 5.92 Å². The van der Waals surface area contributed by atoms with Gasteiger partial charge in [-0.1, -0.05) is 0 Å². The first-order valence-electron chi connectivity index (χ1n) is 5.48. The van der Waals surface area contributed by atoms with Crippen LogP contribution in [0.3, 0.4) is 0 Å². The standard InChI is InChI=1S/C12H15BrN2O/c1-8(9-3-4-9)15(2)12(16)10-5-6-11(13)14-7-10/h5-9H,3-4H2,1-2H3. The molecule has 0 spiro atoms. The molecule has 1 aliphatic carbocycles. The Hall–Kier alpha value is -0.900. The second kappa shape index (κ2) is 4.53. The SMILES string of the molecule is CC(C1CC1)N(C)C(=O)c1ccc(Br)nc1. The molecule has 1 aliphatic rings. The minimum Gasteiger partial charge on any atom is -0.339 e. The van der Waals surface area contributed by atoms with Crippen molar-refractivity contribution in [3.63, 3.8) is 0 Å². The summed E-state index contributed by atoms with van der Waals surface area (Å²) in [6.07, 6.45) is 4.11. The Morgan fingerprint density at radius 2 is 2.25 bits per heavy atom. The zero-order valence-corrected chi connectivity index (χ0v) is 11.1. The Morgan fingerprint density at radius 1 is 1.56 bits per heavy atom. The molecule has 3 nitrogen and oxygen atoms in total. The number of aromatic nitrogens is 1. The number of pyridine rings is 1. The number of rotatable bonds is 3. The van der Waals surface area contributed by atoms with Crippen LogP contribution in [0.15, 0.2) is 22.9 Å². The second-order valence-corrected chi connectivity index (χ2v) is 5.18. The van der Waals surface area contributed by atoms with Gasteiger partial charge in [-0.25, -0.2) is 4.98 Å². The summed E-state index contributed by atoms with van der Waals surface area (Å²) in [5.74, 6) is 0.747. The fraction of sp³-hybridized carbons (Fsp3) is 0.500. The molecule has 1 aromatic heterocycles. The zero-order chi connectivity index (χ0) is 11.7. The number of hydrogen-bond acceptors (Lipinski definition) is 2. The van der Waals surface area contributed by atoms with Crippen LogP contribution in [0.5, 0.6) is 0 Å². The zero-order valence-electron chi connectivity index (χ0n) is 9.48. The summed E-state index contributed by atoms with van der Waals surface area (Å²) in [5, 5.41) is 0. The van der Waals surface area contributed by atoms with Crippen LogP contribution in [0.25, 0.3) is 0 Å². The Bertz CT molecular complexity index is 387. The van der Waals surface area contributed by atoms with Crippen molar-refractivity contribution in [1.29, 1.82) is 0 Å². The third-order valence-corrected chi connectivity index (χ3v) is 3.68. The molecule has 0 aliphatic heterocycles. The summed E-state index contributed by atoms with van der Waals surface area (Å²) in [6.45, 7) is 2.11. The van der Waals surface area contributed by atoms with E-state index in [4.69, 9.17) is 0 Å². The van der Waals surface area contributed by atoms with Crippen LogP contribution in [0.4, 0.5) is 0 Å². The first-order chi connectivity index (χ1) is 7.59. The molecule has 2 rings (SSSR count). The van der Waals surface area contributed by atoms with Crippen LogP contribution in [-0.2, 0) is 0 Å². The van der Waals surface area contributed by atoms with Crippen LogP contribution in [-0.4, -0.2) is 28.9 Å². The summed E-state index contributed by atoms with van der Waals surface area (Å²) < 4.78 is 0.752. The molecule has 1 unspecified atom stereocenters. The fourth-order valence-corrected chi connectivity index (χ4v) is 2.02. The van der Waals surface area contributed by atoms with Gasteiger partial charge < -0.3 is 4.90 Å². The molecule has 0 aromatic carbocycles. The molecule has 4 heteroatoms. The first-order valence-corrected chi connectivity index (χ1v) is 6.27. The molecule has 1 aromatic rings. The van der Waals surface area contributed by atoms with Gasteiger partial charge in [0.2, 0.25) is 0 Å². The van der Waals surface area contributed by atoms with Gasteiger partial charge in [-0.3, -0.25) is 4.79 Å². The van der Waals surface area contributed by atoms with Crippen LogP contribution < -0.4 is 0 Å². The predicted molar refractivity (Wildman–Crippen MR) is 66.2 cm³/mol. The van der Waals surface area contributed by atoms with E-state index in [2.05, 4.69) is 27.8 Å². The molecule has 1 amide bonds. The number of carbonyl (C=O) groups is 1.